The van der Waals surface area contributed by atoms with E-state index in [1.165, 1.54) is 30.1 Å². The van der Waals surface area contributed by atoms with E-state index in [-0.39, 0.29) is 5.82 Å². The Labute approximate surface area is 107 Å². The molecule has 1 aliphatic rings. The van der Waals surface area contributed by atoms with Crippen LogP contribution in [0.1, 0.15) is 25.8 Å². The summed E-state index contributed by atoms with van der Waals surface area (Å²) in [7, 11) is 0. The maximum absolute atomic E-state index is 12.8. The molecule has 1 fully saturated rings. The first-order chi connectivity index (χ1) is 8.08. The van der Waals surface area contributed by atoms with Gasteiger partial charge in [0.05, 0.1) is 0 Å². The van der Waals surface area contributed by atoms with Crippen molar-refractivity contribution in [3.63, 3.8) is 0 Å². The van der Waals surface area contributed by atoms with Crippen molar-refractivity contribution in [3.8, 4) is 0 Å². The molecular weight excluding hydrogens is 233 g/mol. The predicted octanol–water partition coefficient (Wildman–Crippen LogP) is 3.45. The Balaban J connectivity index is 1.91. The Morgan fingerprint density at radius 1 is 1.35 bits per heavy atom. The van der Waals surface area contributed by atoms with Gasteiger partial charge in [0.25, 0.3) is 0 Å². The van der Waals surface area contributed by atoms with Gasteiger partial charge in [0.15, 0.2) is 0 Å². The third-order valence-corrected chi connectivity index (χ3v) is 4.65. The average Bonchev–Trinajstić information content (AvgIpc) is 2.29. The molecule has 1 aliphatic heterocycles. The zero-order valence-electron chi connectivity index (χ0n) is 10.5. The Morgan fingerprint density at radius 3 is 2.71 bits per heavy atom. The highest BCUT2D eigenvalue weighted by Crippen LogP contribution is 2.34. The number of benzene rings is 1. The predicted molar refractivity (Wildman–Crippen MR) is 72.8 cm³/mol. The van der Waals surface area contributed by atoms with Crippen LogP contribution in [0.15, 0.2) is 24.3 Å². The van der Waals surface area contributed by atoms with Crippen LogP contribution in [0, 0.1) is 11.2 Å². The number of hydrogen-bond donors (Lipinski definition) is 1. The van der Waals surface area contributed by atoms with Crippen molar-refractivity contribution in [2.24, 2.45) is 5.41 Å². The molecule has 0 aliphatic carbocycles. The van der Waals surface area contributed by atoms with Gasteiger partial charge in [0, 0.05) is 18.3 Å². The Bertz CT molecular complexity index is 361. The summed E-state index contributed by atoms with van der Waals surface area (Å²) in [5.74, 6) is 2.28. The van der Waals surface area contributed by atoms with Gasteiger partial charge in [-0.3, -0.25) is 0 Å². The molecule has 0 saturated carbocycles. The highest BCUT2D eigenvalue weighted by atomic mass is 32.2. The molecule has 17 heavy (non-hydrogen) atoms. The summed E-state index contributed by atoms with van der Waals surface area (Å²) >= 11 is 2.02. The molecule has 94 valence electrons. The van der Waals surface area contributed by atoms with Gasteiger partial charge < -0.3 is 5.32 Å². The lowest BCUT2D eigenvalue weighted by Crippen LogP contribution is -2.46. The molecule has 1 N–H and O–H groups in total. The van der Waals surface area contributed by atoms with Gasteiger partial charge in [-0.15, -0.1) is 0 Å². The number of nitrogens with one attached hydrogen (secondary N) is 1. The molecule has 1 nitrogen and oxygen atoms in total. The number of hydrogen-bond acceptors (Lipinski definition) is 2. The molecule has 1 aromatic rings. The highest BCUT2D eigenvalue weighted by molar-refractivity contribution is 7.99. The first kappa shape index (κ1) is 12.9. The van der Waals surface area contributed by atoms with E-state index in [0.717, 1.165) is 12.1 Å². The number of thioether (sulfide) groups is 1. The summed E-state index contributed by atoms with van der Waals surface area (Å²) in [4.78, 5) is 0. The monoisotopic (exact) mass is 253 g/mol. The van der Waals surface area contributed by atoms with Crippen LogP contribution in [0.25, 0.3) is 0 Å². The fraction of sp³-hybridized carbons (Fsp3) is 0.571. The molecule has 0 aromatic heterocycles. The first-order valence-corrected chi connectivity index (χ1v) is 7.29. The maximum Gasteiger partial charge on any atom is 0.123 e. The maximum atomic E-state index is 12.8. The molecule has 0 radical (unpaired) electrons. The van der Waals surface area contributed by atoms with Gasteiger partial charge in [0.1, 0.15) is 5.82 Å². The molecular formula is C14H20FNS. The molecule has 1 unspecified atom stereocenters. The van der Waals surface area contributed by atoms with Crippen molar-refractivity contribution in [3.05, 3.63) is 35.6 Å². The van der Waals surface area contributed by atoms with E-state index in [2.05, 4.69) is 19.2 Å². The standard InChI is InChI=1S/C14H20FNS/c1-14(2)7-8-17-10-13(14)16-9-11-3-5-12(15)6-4-11/h3-6,13,16H,7-10H2,1-2H3. The third kappa shape index (κ3) is 3.46. The van der Waals surface area contributed by atoms with E-state index in [1.54, 1.807) is 0 Å². The fourth-order valence-electron chi connectivity index (χ4n) is 2.11. The van der Waals surface area contributed by atoms with Crippen LogP contribution in [0.2, 0.25) is 0 Å². The number of rotatable bonds is 3. The first-order valence-electron chi connectivity index (χ1n) is 6.13. The van der Waals surface area contributed by atoms with Crippen molar-refractivity contribution in [2.75, 3.05) is 11.5 Å². The molecule has 3 heteroatoms. The lowest BCUT2D eigenvalue weighted by molar-refractivity contribution is 0.245. The van der Waals surface area contributed by atoms with Crippen molar-refractivity contribution >= 4 is 11.8 Å². The fourth-order valence-corrected chi connectivity index (χ4v) is 3.76. The second kappa shape index (κ2) is 5.40. The minimum absolute atomic E-state index is 0.165. The van der Waals surface area contributed by atoms with Crippen molar-refractivity contribution < 1.29 is 4.39 Å². The second-order valence-corrected chi connectivity index (χ2v) is 6.52. The molecule has 0 spiro atoms. The van der Waals surface area contributed by atoms with E-state index in [9.17, 15) is 4.39 Å². The van der Waals surface area contributed by atoms with Crippen LogP contribution in [0.4, 0.5) is 4.39 Å². The molecule has 0 amide bonds. The van der Waals surface area contributed by atoms with Gasteiger partial charge in [-0.2, -0.15) is 11.8 Å². The largest absolute Gasteiger partial charge is 0.309 e. The van der Waals surface area contributed by atoms with Crippen LogP contribution >= 0.6 is 11.8 Å². The summed E-state index contributed by atoms with van der Waals surface area (Å²) in [6.07, 6.45) is 1.26. The quantitative estimate of drug-likeness (QED) is 0.885. The van der Waals surface area contributed by atoms with E-state index >= 15 is 0 Å². The number of halogens is 1. The van der Waals surface area contributed by atoms with Crippen LogP contribution < -0.4 is 5.32 Å². The Morgan fingerprint density at radius 2 is 2.06 bits per heavy atom. The van der Waals surface area contributed by atoms with Gasteiger partial charge in [-0.05, 0) is 35.3 Å². The molecule has 1 heterocycles. The van der Waals surface area contributed by atoms with Crippen molar-refractivity contribution in [1.29, 1.82) is 0 Å². The zero-order chi connectivity index (χ0) is 12.3. The molecule has 1 aromatic carbocycles. The van der Waals surface area contributed by atoms with Gasteiger partial charge in [-0.1, -0.05) is 26.0 Å². The Kier molecular flexibility index (Phi) is 4.10. The highest BCUT2D eigenvalue weighted by Gasteiger charge is 2.31. The van der Waals surface area contributed by atoms with E-state index in [1.807, 2.05) is 23.9 Å². The molecule has 2 rings (SSSR count). The van der Waals surface area contributed by atoms with Gasteiger partial charge in [-0.25, -0.2) is 4.39 Å². The molecule has 1 saturated heterocycles. The minimum atomic E-state index is -0.165. The lowest BCUT2D eigenvalue weighted by Gasteiger charge is -2.39. The third-order valence-electron chi connectivity index (χ3n) is 3.58. The minimum Gasteiger partial charge on any atom is -0.309 e. The summed E-state index contributed by atoms with van der Waals surface area (Å²) < 4.78 is 12.8. The second-order valence-electron chi connectivity index (χ2n) is 5.37. The summed E-state index contributed by atoms with van der Waals surface area (Å²) in [5, 5.41) is 3.60. The SMILES string of the molecule is CC1(C)CCSCC1NCc1ccc(F)cc1. The summed E-state index contributed by atoms with van der Waals surface area (Å²) in [6.45, 7) is 5.49. The Hall–Kier alpha value is -0.540. The van der Waals surface area contributed by atoms with Crippen molar-refractivity contribution in [2.45, 2.75) is 32.9 Å². The van der Waals surface area contributed by atoms with Crippen molar-refractivity contribution in [1.82, 2.24) is 5.32 Å². The normalized spacial score (nSPS) is 23.6. The molecule has 1 atom stereocenters. The topological polar surface area (TPSA) is 12.0 Å². The van der Waals surface area contributed by atoms with Gasteiger partial charge >= 0.3 is 0 Å². The van der Waals surface area contributed by atoms with Crippen LogP contribution in [0.3, 0.4) is 0 Å². The smallest absolute Gasteiger partial charge is 0.123 e. The van der Waals surface area contributed by atoms with E-state index in [4.69, 9.17) is 0 Å². The summed E-state index contributed by atoms with van der Waals surface area (Å²) in [5.41, 5.74) is 1.52. The molecule has 0 bridgehead atoms. The average molecular weight is 253 g/mol. The summed E-state index contributed by atoms with van der Waals surface area (Å²) in [6, 6.07) is 7.30. The van der Waals surface area contributed by atoms with Crippen LogP contribution in [-0.2, 0) is 6.54 Å². The zero-order valence-corrected chi connectivity index (χ0v) is 11.3. The van der Waals surface area contributed by atoms with Gasteiger partial charge in [0.2, 0.25) is 0 Å². The van der Waals surface area contributed by atoms with Crippen LogP contribution in [-0.4, -0.2) is 17.5 Å². The van der Waals surface area contributed by atoms with E-state index < -0.39 is 0 Å². The lowest BCUT2D eigenvalue weighted by atomic mass is 9.82. The van der Waals surface area contributed by atoms with Crippen LogP contribution in [0.5, 0.6) is 0 Å². The van der Waals surface area contributed by atoms with E-state index in [0.29, 0.717) is 11.5 Å².